The van der Waals surface area contributed by atoms with E-state index in [0.717, 1.165) is 38.5 Å². The number of hydrogen-bond donors (Lipinski definition) is 1. The van der Waals surface area contributed by atoms with Crippen LogP contribution in [-0.2, 0) is 16.0 Å². The van der Waals surface area contributed by atoms with E-state index in [1.165, 1.54) is 10.4 Å². The van der Waals surface area contributed by atoms with Gasteiger partial charge in [-0.1, -0.05) is 18.2 Å². The molecule has 1 fully saturated rings. The summed E-state index contributed by atoms with van der Waals surface area (Å²) in [5.41, 5.74) is 1.19. The van der Waals surface area contributed by atoms with Gasteiger partial charge in [-0.15, -0.1) is 11.3 Å². The Morgan fingerprint density at radius 2 is 2.04 bits per heavy atom. The van der Waals surface area contributed by atoms with Crippen LogP contribution in [0.1, 0.15) is 29.8 Å². The van der Waals surface area contributed by atoms with E-state index < -0.39 is 0 Å². The fourth-order valence-corrected chi connectivity index (χ4v) is 4.00. The second-order valence-electron chi connectivity index (χ2n) is 6.55. The van der Waals surface area contributed by atoms with Gasteiger partial charge in [-0.2, -0.15) is 0 Å². The monoisotopic (exact) mass is 388 g/mol. The van der Waals surface area contributed by atoms with Gasteiger partial charge in [0, 0.05) is 30.9 Å². The minimum Gasteiger partial charge on any atom is -0.494 e. The van der Waals surface area contributed by atoms with E-state index in [2.05, 4.69) is 28.4 Å². The summed E-state index contributed by atoms with van der Waals surface area (Å²) in [7, 11) is 0. The van der Waals surface area contributed by atoms with E-state index in [1.54, 1.807) is 11.3 Å². The normalized spacial score (nSPS) is 16.0. The van der Waals surface area contributed by atoms with Gasteiger partial charge in [-0.05, 0) is 42.5 Å². The third-order valence-corrected chi connectivity index (χ3v) is 5.67. The SMILES string of the molecule is CCOc1ccc(C(CNC(=O)CCc2cccs2)N2CCOCC2)cc1. The first-order valence-electron chi connectivity index (χ1n) is 9.60. The predicted octanol–water partition coefficient (Wildman–Crippen LogP) is 3.27. The number of ether oxygens (including phenoxy) is 2. The standard InChI is InChI=1S/C21H28N2O3S/c1-2-26-18-7-5-17(6-8-18)20(23-11-13-25-14-12-23)16-22-21(24)10-9-19-4-3-15-27-19/h3-8,15,20H,2,9-14,16H2,1H3,(H,22,24). The van der Waals surface area contributed by atoms with Gasteiger partial charge in [0.05, 0.1) is 25.9 Å². The summed E-state index contributed by atoms with van der Waals surface area (Å²) in [5.74, 6) is 0.981. The number of amides is 1. The van der Waals surface area contributed by atoms with Crippen molar-refractivity contribution in [3.63, 3.8) is 0 Å². The molecule has 1 aromatic carbocycles. The molecular weight excluding hydrogens is 360 g/mol. The number of carbonyl (C=O) groups excluding carboxylic acids is 1. The molecule has 1 saturated heterocycles. The van der Waals surface area contributed by atoms with Crippen LogP contribution in [0.4, 0.5) is 0 Å². The summed E-state index contributed by atoms with van der Waals surface area (Å²) in [6.45, 7) is 6.48. The van der Waals surface area contributed by atoms with Crippen LogP contribution in [0.15, 0.2) is 41.8 Å². The smallest absolute Gasteiger partial charge is 0.220 e. The predicted molar refractivity (Wildman–Crippen MR) is 108 cm³/mol. The summed E-state index contributed by atoms with van der Waals surface area (Å²) in [6.07, 6.45) is 1.33. The topological polar surface area (TPSA) is 50.8 Å². The Bertz CT molecular complexity index is 682. The van der Waals surface area contributed by atoms with E-state index in [9.17, 15) is 4.79 Å². The lowest BCUT2D eigenvalue weighted by Crippen LogP contribution is -2.43. The first kappa shape index (κ1) is 19.9. The molecule has 1 aliphatic rings. The number of aryl methyl sites for hydroxylation is 1. The van der Waals surface area contributed by atoms with Crippen LogP contribution in [0.3, 0.4) is 0 Å². The van der Waals surface area contributed by atoms with E-state index >= 15 is 0 Å². The summed E-state index contributed by atoms with van der Waals surface area (Å²) >= 11 is 1.70. The minimum absolute atomic E-state index is 0.104. The molecule has 0 saturated carbocycles. The number of nitrogens with one attached hydrogen (secondary N) is 1. The zero-order valence-electron chi connectivity index (χ0n) is 15.9. The number of hydrogen-bond acceptors (Lipinski definition) is 5. The van der Waals surface area contributed by atoms with Crippen LogP contribution in [0.25, 0.3) is 0 Å². The van der Waals surface area contributed by atoms with E-state index in [1.807, 2.05) is 30.5 Å². The fraction of sp³-hybridized carbons (Fsp3) is 0.476. The lowest BCUT2D eigenvalue weighted by Gasteiger charge is -2.35. The second-order valence-corrected chi connectivity index (χ2v) is 7.58. The molecule has 2 aromatic rings. The summed E-state index contributed by atoms with van der Waals surface area (Å²) in [6, 6.07) is 12.5. The van der Waals surface area contributed by atoms with Gasteiger partial charge < -0.3 is 14.8 Å². The number of carbonyl (C=O) groups is 1. The van der Waals surface area contributed by atoms with Gasteiger partial charge >= 0.3 is 0 Å². The van der Waals surface area contributed by atoms with Crippen LogP contribution in [0.5, 0.6) is 5.75 Å². The molecular formula is C21H28N2O3S. The molecule has 5 nitrogen and oxygen atoms in total. The maximum Gasteiger partial charge on any atom is 0.220 e. The molecule has 1 unspecified atom stereocenters. The van der Waals surface area contributed by atoms with E-state index in [0.29, 0.717) is 19.6 Å². The highest BCUT2D eigenvalue weighted by Gasteiger charge is 2.23. The molecule has 1 aromatic heterocycles. The van der Waals surface area contributed by atoms with Crippen molar-refractivity contribution >= 4 is 17.2 Å². The Morgan fingerprint density at radius 1 is 1.26 bits per heavy atom. The molecule has 146 valence electrons. The number of thiophene rings is 1. The van der Waals surface area contributed by atoms with Crippen molar-refractivity contribution in [2.75, 3.05) is 39.5 Å². The van der Waals surface area contributed by atoms with Crippen molar-refractivity contribution in [2.45, 2.75) is 25.8 Å². The number of nitrogens with zero attached hydrogens (tertiary/aromatic N) is 1. The zero-order chi connectivity index (χ0) is 18.9. The molecule has 0 radical (unpaired) electrons. The summed E-state index contributed by atoms with van der Waals surface area (Å²) < 4.78 is 11.0. The van der Waals surface area contributed by atoms with Crippen molar-refractivity contribution in [3.05, 3.63) is 52.2 Å². The van der Waals surface area contributed by atoms with Crippen molar-refractivity contribution in [2.24, 2.45) is 0 Å². The molecule has 1 atom stereocenters. The Balaban J connectivity index is 1.60. The first-order valence-corrected chi connectivity index (χ1v) is 10.5. The lowest BCUT2D eigenvalue weighted by atomic mass is 10.0. The summed E-state index contributed by atoms with van der Waals surface area (Å²) in [5, 5.41) is 5.18. The maximum atomic E-state index is 12.3. The quantitative estimate of drug-likeness (QED) is 0.716. The first-order chi connectivity index (χ1) is 13.3. The Kier molecular flexibility index (Phi) is 7.68. The van der Waals surface area contributed by atoms with Crippen molar-refractivity contribution in [3.8, 4) is 5.75 Å². The highest BCUT2D eigenvalue weighted by molar-refractivity contribution is 7.09. The molecule has 1 aliphatic heterocycles. The van der Waals surface area contributed by atoms with Crippen LogP contribution >= 0.6 is 11.3 Å². The highest BCUT2D eigenvalue weighted by Crippen LogP contribution is 2.24. The average molecular weight is 389 g/mol. The van der Waals surface area contributed by atoms with Gasteiger partial charge in [0.2, 0.25) is 5.91 Å². The third kappa shape index (κ3) is 6.06. The second kappa shape index (κ2) is 10.4. The van der Waals surface area contributed by atoms with E-state index in [-0.39, 0.29) is 11.9 Å². The lowest BCUT2D eigenvalue weighted by molar-refractivity contribution is -0.121. The summed E-state index contributed by atoms with van der Waals surface area (Å²) in [4.78, 5) is 16.0. The Morgan fingerprint density at radius 3 is 2.70 bits per heavy atom. The molecule has 0 bridgehead atoms. The minimum atomic E-state index is 0.104. The Labute approximate surface area is 165 Å². The van der Waals surface area contributed by atoms with E-state index in [4.69, 9.17) is 9.47 Å². The van der Waals surface area contributed by atoms with Crippen molar-refractivity contribution in [1.29, 1.82) is 0 Å². The zero-order valence-corrected chi connectivity index (χ0v) is 16.7. The number of benzene rings is 1. The highest BCUT2D eigenvalue weighted by atomic mass is 32.1. The van der Waals surface area contributed by atoms with Crippen molar-refractivity contribution < 1.29 is 14.3 Å². The van der Waals surface area contributed by atoms with Crippen LogP contribution in [0, 0.1) is 0 Å². The molecule has 3 rings (SSSR count). The molecule has 0 aliphatic carbocycles. The van der Waals surface area contributed by atoms with Gasteiger partial charge in [0.1, 0.15) is 5.75 Å². The third-order valence-electron chi connectivity index (χ3n) is 4.73. The average Bonchev–Trinajstić information content (AvgIpc) is 3.22. The van der Waals surface area contributed by atoms with Gasteiger partial charge in [0.25, 0.3) is 0 Å². The Hall–Kier alpha value is -1.89. The molecule has 1 amide bonds. The molecule has 27 heavy (non-hydrogen) atoms. The van der Waals surface area contributed by atoms with Crippen LogP contribution in [0.2, 0.25) is 0 Å². The largest absolute Gasteiger partial charge is 0.494 e. The van der Waals surface area contributed by atoms with Crippen LogP contribution in [-0.4, -0.2) is 50.3 Å². The number of morpholine rings is 1. The fourth-order valence-electron chi connectivity index (χ4n) is 3.29. The molecule has 1 N–H and O–H groups in total. The molecule has 0 spiro atoms. The number of rotatable bonds is 9. The van der Waals surface area contributed by atoms with Crippen molar-refractivity contribution in [1.82, 2.24) is 10.2 Å². The molecule has 2 heterocycles. The van der Waals surface area contributed by atoms with Gasteiger partial charge in [-0.3, -0.25) is 9.69 Å². The molecule has 6 heteroatoms. The maximum absolute atomic E-state index is 12.3. The van der Waals surface area contributed by atoms with Crippen LogP contribution < -0.4 is 10.1 Å². The van der Waals surface area contributed by atoms with Gasteiger partial charge in [0.15, 0.2) is 0 Å². The van der Waals surface area contributed by atoms with Gasteiger partial charge in [-0.25, -0.2) is 0 Å².